The van der Waals surface area contributed by atoms with E-state index in [-0.39, 0.29) is 12.2 Å². The smallest absolute Gasteiger partial charge is 0.119 e. The number of halogens is 1. The molecular formula is C12H15BrO2. The molecule has 0 radical (unpaired) electrons. The van der Waals surface area contributed by atoms with Gasteiger partial charge in [0.05, 0.1) is 12.2 Å². The molecule has 1 aliphatic rings. The Balaban J connectivity index is 1.89. The fraction of sp³-hybridized carbons (Fsp3) is 0.500. The number of aliphatic hydroxyl groups excluding tert-OH is 1. The second-order valence-corrected chi connectivity index (χ2v) is 4.92. The Hall–Kier alpha value is -0.540. The van der Waals surface area contributed by atoms with Crippen molar-refractivity contribution in [1.29, 1.82) is 0 Å². The van der Waals surface area contributed by atoms with Crippen molar-refractivity contribution in [3.8, 4) is 5.75 Å². The van der Waals surface area contributed by atoms with Crippen LogP contribution in [-0.4, -0.2) is 17.3 Å². The second kappa shape index (κ2) is 4.99. The summed E-state index contributed by atoms with van der Waals surface area (Å²) in [6, 6.07) is 7.89. The second-order valence-electron chi connectivity index (χ2n) is 4.00. The molecule has 0 aromatic heterocycles. The maximum atomic E-state index is 9.37. The molecule has 15 heavy (non-hydrogen) atoms. The average Bonchev–Trinajstić information content (AvgIpc) is 2.25. The van der Waals surface area contributed by atoms with Crippen molar-refractivity contribution in [2.75, 3.05) is 0 Å². The predicted molar refractivity (Wildman–Crippen MR) is 63.0 cm³/mol. The highest BCUT2D eigenvalue weighted by Crippen LogP contribution is 2.24. The fourth-order valence-corrected chi connectivity index (χ4v) is 2.13. The molecule has 3 heteroatoms. The molecule has 2 nitrogen and oxygen atoms in total. The SMILES string of the molecule is OC1CCC(Oc2ccc(Br)cc2)CC1. The third kappa shape index (κ3) is 3.21. The van der Waals surface area contributed by atoms with Crippen LogP contribution in [0.4, 0.5) is 0 Å². The quantitative estimate of drug-likeness (QED) is 0.895. The van der Waals surface area contributed by atoms with Gasteiger partial charge in [0.15, 0.2) is 0 Å². The largest absolute Gasteiger partial charge is 0.490 e. The van der Waals surface area contributed by atoms with E-state index in [1.54, 1.807) is 0 Å². The average molecular weight is 271 g/mol. The number of benzene rings is 1. The number of hydrogen-bond acceptors (Lipinski definition) is 2. The highest BCUT2D eigenvalue weighted by molar-refractivity contribution is 9.10. The number of aliphatic hydroxyl groups is 1. The van der Waals surface area contributed by atoms with E-state index in [0.29, 0.717) is 0 Å². The zero-order valence-corrected chi connectivity index (χ0v) is 10.1. The summed E-state index contributed by atoms with van der Waals surface area (Å²) in [6.07, 6.45) is 3.79. The summed E-state index contributed by atoms with van der Waals surface area (Å²) in [7, 11) is 0. The first-order chi connectivity index (χ1) is 7.24. The molecule has 0 spiro atoms. The number of ether oxygens (including phenoxy) is 1. The Kier molecular flexibility index (Phi) is 3.65. The van der Waals surface area contributed by atoms with E-state index >= 15 is 0 Å². The van der Waals surface area contributed by atoms with E-state index in [4.69, 9.17) is 4.74 Å². The molecule has 1 fully saturated rings. The topological polar surface area (TPSA) is 29.5 Å². The lowest BCUT2D eigenvalue weighted by Gasteiger charge is -2.26. The molecule has 1 aromatic rings. The maximum absolute atomic E-state index is 9.37. The standard InChI is InChI=1S/C12H15BrO2/c13-9-1-5-11(6-2-9)15-12-7-3-10(14)4-8-12/h1-2,5-6,10,12,14H,3-4,7-8H2. The molecule has 0 amide bonds. The lowest BCUT2D eigenvalue weighted by Crippen LogP contribution is -2.26. The fourth-order valence-electron chi connectivity index (χ4n) is 1.87. The predicted octanol–water partition coefficient (Wildman–Crippen LogP) is 3.13. The molecule has 0 atom stereocenters. The van der Waals surface area contributed by atoms with E-state index in [9.17, 15) is 5.11 Å². The molecular weight excluding hydrogens is 256 g/mol. The summed E-state index contributed by atoms with van der Waals surface area (Å²) in [4.78, 5) is 0. The molecule has 1 N–H and O–H groups in total. The third-order valence-corrected chi connectivity index (χ3v) is 3.29. The molecule has 0 saturated heterocycles. The van der Waals surface area contributed by atoms with Gasteiger partial charge in [-0.2, -0.15) is 0 Å². The highest BCUT2D eigenvalue weighted by Gasteiger charge is 2.20. The first-order valence-electron chi connectivity index (χ1n) is 5.34. The van der Waals surface area contributed by atoms with Crippen LogP contribution >= 0.6 is 15.9 Å². The molecule has 1 aliphatic carbocycles. The molecule has 0 bridgehead atoms. The van der Waals surface area contributed by atoms with Crippen molar-refractivity contribution in [2.45, 2.75) is 37.9 Å². The van der Waals surface area contributed by atoms with Crippen molar-refractivity contribution < 1.29 is 9.84 Å². The Morgan fingerprint density at radius 1 is 1.07 bits per heavy atom. The van der Waals surface area contributed by atoms with Gasteiger partial charge in [-0.3, -0.25) is 0 Å². The van der Waals surface area contributed by atoms with Crippen molar-refractivity contribution in [3.05, 3.63) is 28.7 Å². The van der Waals surface area contributed by atoms with E-state index in [2.05, 4.69) is 15.9 Å². The van der Waals surface area contributed by atoms with Gasteiger partial charge in [-0.15, -0.1) is 0 Å². The zero-order valence-electron chi connectivity index (χ0n) is 8.53. The van der Waals surface area contributed by atoms with E-state index < -0.39 is 0 Å². The van der Waals surface area contributed by atoms with Crippen LogP contribution in [-0.2, 0) is 0 Å². The number of hydrogen-bond donors (Lipinski definition) is 1. The monoisotopic (exact) mass is 270 g/mol. The summed E-state index contributed by atoms with van der Waals surface area (Å²) in [5, 5.41) is 9.37. The minimum Gasteiger partial charge on any atom is -0.490 e. The lowest BCUT2D eigenvalue weighted by molar-refractivity contribution is 0.0666. The van der Waals surface area contributed by atoms with Crippen molar-refractivity contribution in [3.63, 3.8) is 0 Å². The summed E-state index contributed by atoms with van der Waals surface area (Å²) in [5.74, 6) is 0.916. The Morgan fingerprint density at radius 2 is 1.67 bits per heavy atom. The third-order valence-electron chi connectivity index (χ3n) is 2.76. The minimum atomic E-state index is -0.116. The Morgan fingerprint density at radius 3 is 2.27 bits per heavy atom. The van der Waals surface area contributed by atoms with E-state index in [0.717, 1.165) is 35.9 Å². The molecule has 0 unspecified atom stereocenters. The van der Waals surface area contributed by atoms with E-state index in [1.807, 2.05) is 24.3 Å². The molecule has 0 heterocycles. The van der Waals surface area contributed by atoms with Gasteiger partial charge >= 0.3 is 0 Å². The van der Waals surface area contributed by atoms with Gasteiger partial charge in [0.1, 0.15) is 5.75 Å². The first kappa shape index (κ1) is 11.0. The summed E-state index contributed by atoms with van der Waals surface area (Å²) in [5.41, 5.74) is 0. The van der Waals surface area contributed by atoms with Crippen molar-refractivity contribution in [1.82, 2.24) is 0 Å². The van der Waals surface area contributed by atoms with Gasteiger partial charge in [0, 0.05) is 4.47 Å². The first-order valence-corrected chi connectivity index (χ1v) is 6.13. The molecule has 1 aromatic carbocycles. The van der Waals surface area contributed by atoms with Gasteiger partial charge in [0.2, 0.25) is 0 Å². The maximum Gasteiger partial charge on any atom is 0.119 e. The van der Waals surface area contributed by atoms with Crippen LogP contribution in [0, 0.1) is 0 Å². The molecule has 1 saturated carbocycles. The van der Waals surface area contributed by atoms with Gasteiger partial charge in [-0.05, 0) is 49.9 Å². The van der Waals surface area contributed by atoms with Gasteiger partial charge < -0.3 is 9.84 Å². The van der Waals surface area contributed by atoms with Crippen molar-refractivity contribution >= 4 is 15.9 Å². The van der Waals surface area contributed by atoms with Gasteiger partial charge in [-0.25, -0.2) is 0 Å². The van der Waals surface area contributed by atoms with Gasteiger partial charge in [0.25, 0.3) is 0 Å². The summed E-state index contributed by atoms with van der Waals surface area (Å²) < 4.78 is 6.89. The van der Waals surface area contributed by atoms with Crippen LogP contribution in [0.15, 0.2) is 28.7 Å². The molecule has 0 aliphatic heterocycles. The normalized spacial score (nSPS) is 26.3. The highest BCUT2D eigenvalue weighted by atomic mass is 79.9. The lowest BCUT2D eigenvalue weighted by atomic mass is 9.95. The molecule has 82 valence electrons. The van der Waals surface area contributed by atoms with Crippen LogP contribution in [0.1, 0.15) is 25.7 Å². The van der Waals surface area contributed by atoms with Crippen LogP contribution in [0.2, 0.25) is 0 Å². The minimum absolute atomic E-state index is 0.116. The summed E-state index contributed by atoms with van der Waals surface area (Å²) in [6.45, 7) is 0. The zero-order chi connectivity index (χ0) is 10.7. The Labute approximate surface area is 98.4 Å². The molecule has 2 rings (SSSR count). The van der Waals surface area contributed by atoms with Crippen LogP contribution in [0.25, 0.3) is 0 Å². The summed E-state index contributed by atoms with van der Waals surface area (Å²) >= 11 is 3.39. The van der Waals surface area contributed by atoms with E-state index in [1.165, 1.54) is 0 Å². The number of rotatable bonds is 2. The van der Waals surface area contributed by atoms with Crippen molar-refractivity contribution in [2.24, 2.45) is 0 Å². The van der Waals surface area contributed by atoms with Gasteiger partial charge in [-0.1, -0.05) is 15.9 Å². The van der Waals surface area contributed by atoms with Crippen LogP contribution in [0.5, 0.6) is 5.75 Å². The Bertz CT molecular complexity index is 302. The van der Waals surface area contributed by atoms with Crippen LogP contribution < -0.4 is 4.74 Å². The van der Waals surface area contributed by atoms with Crippen LogP contribution in [0.3, 0.4) is 0 Å².